The third-order valence-electron chi connectivity index (χ3n) is 3.23. The molecule has 1 aliphatic rings. The van der Waals surface area contributed by atoms with E-state index in [0.717, 1.165) is 25.3 Å². The van der Waals surface area contributed by atoms with Crippen LogP contribution >= 0.6 is 0 Å². The predicted molar refractivity (Wildman–Crippen MR) is 65.2 cm³/mol. The third-order valence-corrected chi connectivity index (χ3v) is 3.23. The topological polar surface area (TPSA) is 33.1 Å². The van der Waals surface area contributed by atoms with Crippen LogP contribution in [0.4, 0.5) is 0 Å². The van der Waals surface area contributed by atoms with Crippen LogP contribution in [-0.4, -0.2) is 39.4 Å². The second-order valence-electron chi connectivity index (χ2n) is 5.50. The first-order valence-corrected chi connectivity index (χ1v) is 5.94. The Balaban J connectivity index is 2.02. The van der Waals surface area contributed by atoms with Crippen LogP contribution in [0, 0.1) is 0 Å². The highest BCUT2D eigenvalue weighted by Gasteiger charge is 2.30. The summed E-state index contributed by atoms with van der Waals surface area (Å²) in [7, 11) is 1.97. The lowest BCUT2D eigenvalue weighted by molar-refractivity contribution is 0.0964. The molecule has 0 bridgehead atoms. The Labute approximate surface area is 97.6 Å². The van der Waals surface area contributed by atoms with E-state index in [0.29, 0.717) is 6.04 Å². The summed E-state index contributed by atoms with van der Waals surface area (Å²) in [5.74, 6) is 0. The first-order valence-electron chi connectivity index (χ1n) is 5.94. The van der Waals surface area contributed by atoms with Gasteiger partial charge in [-0.25, -0.2) is 0 Å². The van der Waals surface area contributed by atoms with Crippen molar-refractivity contribution in [2.24, 2.45) is 7.05 Å². The molecule has 1 aromatic rings. The fourth-order valence-electron chi connectivity index (χ4n) is 2.24. The fraction of sp³-hybridized carbons (Fsp3) is 0.750. The summed E-state index contributed by atoms with van der Waals surface area (Å²) in [5.41, 5.74) is 1.37. The van der Waals surface area contributed by atoms with Crippen molar-refractivity contribution in [3.8, 4) is 0 Å². The molecule has 1 fully saturated rings. The lowest BCUT2D eigenvalue weighted by Gasteiger charge is -2.43. The van der Waals surface area contributed by atoms with Gasteiger partial charge in [-0.05, 0) is 26.8 Å². The van der Waals surface area contributed by atoms with Crippen molar-refractivity contribution < 1.29 is 0 Å². The Hall–Kier alpha value is -0.870. The van der Waals surface area contributed by atoms with Crippen LogP contribution < -0.4 is 5.32 Å². The van der Waals surface area contributed by atoms with Gasteiger partial charge in [0.15, 0.2) is 0 Å². The van der Waals surface area contributed by atoms with Crippen LogP contribution in [0.1, 0.15) is 26.5 Å². The van der Waals surface area contributed by atoms with E-state index in [-0.39, 0.29) is 5.54 Å². The first-order chi connectivity index (χ1) is 7.46. The molecule has 0 aliphatic carbocycles. The molecular formula is C12H22N4. The average molecular weight is 222 g/mol. The Morgan fingerprint density at radius 2 is 2.31 bits per heavy atom. The molecule has 1 saturated heterocycles. The number of rotatable bonds is 2. The smallest absolute Gasteiger partial charge is 0.0764 e. The van der Waals surface area contributed by atoms with Crippen molar-refractivity contribution in [3.63, 3.8) is 0 Å². The van der Waals surface area contributed by atoms with Gasteiger partial charge in [0.25, 0.3) is 0 Å². The highest BCUT2D eigenvalue weighted by molar-refractivity contribution is 5.01. The maximum absolute atomic E-state index is 4.44. The molecule has 90 valence electrons. The van der Waals surface area contributed by atoms with Crippen LogP contribution in [0.2, 0.25) is 0 Å². The van der Waals surface area contributed by atoms with E-state index in [2.05, 4.69) is 42.2 Å². The van der Waals surface area contributed by atoms with Gasteiger partial charge in [0.2, 0.25) is 0 Å². The predicted octanol–water partition coefficient (Wildman–Crippen LogP) is 0.992. The summed E-state index contributed by atoms with van der Waals surface area (Å²) in [5, 5.41) is 8.00. The second-order valence-corrected chi connectivity index (χ2v) is 5.50. The van der Waals surface area contributed by atoms with E-state index in [1.807, 2.05) is 17.9 Å². The van der Waals surface area contributed by atoms with Gasteiger partial charge in [0.1, 0.15) is 0 Å². The Bertz CT molecular complexity index is 356. The van der Waals surface area contributed by atoms with Gasteiger partial charge in [-0.2, -0.15) is 5.10 Å². The highest BCUT2D eigenvalue weighted by Crippen LogP contribution is 2.16. The number of nitrogens with zero attached hydrogens (tertiary/aromatic N) is 3. The molecule has 1 N–H and O–H groups in total. The van der Waals surface area contributed by atoms with Crippen molar-refractivity contribution in [1.29, 1.82) is 0 Å². The first kappa shape index (κ1) is 11.6. The minimum Gasteiger partial charge on any atom is -0.309 e. The van der Waals surface area contributed by atoms with Crippen LogP contribution in [0.25, 0.3) is 0 Å². The normalized spacial score (nSPS) is 25.9. The van der Waals surface area contributed by atoms with E-state index in [9.17, 15) is 0 Å². The number of piperazine rings is 1. The monoisotopic (exact) mass is 222 g/mol. The van der Waals surface area contributed by atoms with Gasteiger partial charge in [-0.3, -0.25) is 9.58 Å². The third kappa shape index (κ3) is 2.62. The van der Waals surface area contributed by atoms with Crippen molar-refractivity contribution in [2.45, 2.75) is 38.9 Å². The molecule has 0 saturated carbocycles. The molecule has 16 heavy (non-hydrogen) atoms. The minimum atomic E-state index is 0.210. The number of hydrogen-bond acceptors (Lipinski definition) is 3. The lowest BCUT2D eigenvalue weighted by Crippen LogP contribution is -2.60. The molecule has 1 aromatic heterocycles. The highest BCUT2D eigenvalue weighted by atomic mass is 15.3. The van der Waals surface area contributed by atoms with Crippen LogP contribution in [0.15, 0.2) is 12.3 Å². The summed E-state index contributed by atoms with van der Waals surface area (Å²) in [6, 6.07) is 2.68. The van der Waals surface area contributed by atoms with Gasteiger partial charge in [0.05, 0.1) is 5.69 Å². The van der Waals surface area contributed by atoms with Crippen molar-refractivity contribution in [3.05, 3.63) is 18.0 Å². The SMILES string of the molecule is CC1CNC(C)(C)CN1Cc1ccn(C)n1. The van der Waals surface area contributed by atoms with Gasteiger partial charge < -0.3 is 5.32 Å². The van der Waals surface area contributed by atoms with E-state index < -0.39 is 0 Å². The molecular weight excluding hydrogens is 200 g/mol. The molecule has 4 heteroatoms. The second kappa shape index (κ2) is 4.18. The summed E-state index contributed by atoms with van der Waals surface area (Å²) in [6.45, 7) is 9.86. The van der Waals surface area contributed by atoms with Gasteiger partial charge >= 0.3 is 0 Å². The number of hydrogen-bond donors (Lipinski definition) is 1. The molecule has 0 aromatic carbocycles. The van der Waals surface area contributed by atoms with E-state index in [1.165, 1.54) is 0 Å². The molecule has 1 atom stereocenters. The standard InChI is InChI=1S/C12H22N4/c1-10-7-13-12(2,3)9-16(10)8-11-5-6-15(4)14-11/h5-6,10,13H,7-9H2,1-4H3. The zero-order chi connectivity index (χ0) is 11.8. The molecule has 1 unspecified atom stereocenters. The largest absolute Gasteiger partial charge is 0.309 e. The van der Waals surface area contributed by atoms with Crippen LogP contribution in [-0.2, 0) is 13.6 Å². The lowest BCUT2D eigenvalue weighted by atomic mass is 9.99. The van der Waals surface area contributed by atoms with Crippen molar-refractivity contribution >= 4 is 0 Å². The van der Waals surface area contributed by atoms with Gasteiger partial charge in [0, 0.05) is 44.5 Å². The molecule has 2 heterocycles. The van der Waals surface area contributed by atoms with Gasteiger partial charge in [-0.1, -0.05) is 0 Å². The van der Waals surface area contributed by atoms with E-state index in [1.54, 1.807) is 0 Å². The Kier molecular flexibility index (Phi) is 3.04. The zero-order valence-electron chi connectivity index (χ0n) is 10.7. The van der Waals surface area contributed by atoms with Crippen LogP contribution in [0.3, 0.4) is 0 Å². The van der Waals surface area contributed by atoms with Crippen molar-refractivity contribution in [1.82, 2.24) is 20.0 Å². The average Bonchev–Trinajstić information content (AvgIpc) is 2.58. The molecule has 4 nitrogen and oxygen atoms in total. The van der Waals surface area contributed by atoms with Gasteiger partial charge in [-0.15, -0.1) is 0 Å². The summed E-state index contributed by atoms with van der Waals surface area (Å²) in [4.78, 5) is 2.50. The summed E-state index contributed by atoms with van der Waals surface area (Å²) in [6.07, 6.45) is 2.01. The maximum Gasteiger partial charge on any atom is 0.0764 e. The Morgan fingerprint density at radius 3 is 2.94 bits per heavy atom. The van der Waals surface area contributed by atoms with E-state index >= 15 is 0 Å². The zero-order valence-corrected chi connectivity index (χ0v) is 10.7. The molecule has 1 aliphatic heterocycles. The Morgan fingerprint density at radius 1 is 1.56 bits per heavy atom. The molecule has 0 amide bonds. The fourth-order valence-corrected chi connectivity index (χ4v) is 2.24. The summed E-state index contributed by atoms with van der Waals surface area (Å²) < 4.78 is 1.87. The molecule has 0 radical (unpaired) electrons. The quantitative estimate of drug-likeness (QED) is 0.810. The molecule has 0 spiro atoms. The van der Waals surface area contributed by atoms with Crippen molar-refractivity contribution in [2.75, 3.05) is 13.1 Å². The number of aryl methyl sites for hydroxylation is 1. The number of nitrogens with one attached hydrogen (secondary N) is 1. The van der Waals surface area contributed by atoms with E-state index in [4.69, 9.17) is 0 Å². The maximum atomic E-state index is 4.44. The number of aromatic nitrogens is 2. The molecule has 2 rings (SSSR count). The van der Waals surface area contributed by atoms with Crippen LogP contribution in [0.5, 0.6) is 0 Å². The minimum absolute atomic E-state index is 0.210. The summed E-state index contributed by atoms with van der Waals surface area (Å²) >= 11 is 0.